The summed E-state index contributed by atoms with van der Waals surface area (Å²) >= 11 is 0. The van der Waals surface area contributed by atoms with Crippen LogP contribution in [-0.4, -0.2) is 11.0 Å². The molecule has 2 aromatic rings. The minimum absolute atomic E-state index is 0.102. The van der Waals surface area contributed by atoms with Crippen molar-refractivity contribution in [2.45, 2.75) is 6.92 Å². The van der Waals surface area contributed by atoms with Gasteiger partial charge >= 0.3 is 0 Å². The van der Waals surface area contributed by atoms with Crippen molar-refractivity contribution in [3.8, 4) is 5.75 Å². The predicted octanol–water partition coefficient (Wildman–Crippen LogP) is 2.54. The highest BCUT2D eigenvalue weighted by atomic mass is 16.3. The number of hydrogen-bond acceptors (Lipinski definition) is 3. The van der Waals surface area contributed by atoms with Gasteiger partial charge < -0.3 is 16.2 Å². The number of phenolic OH excluding ortho intramolecular Hbond substituents is 1. The number of hydrogen-bond donors (Lipinski definition) is 3. The molecule has 92 valence electrons. The summed E-state index contributed by atoms with van der Waals surface area (Å²) in [6, 6.07) is 11.7. The van der Waals surface area contributed by atoms with E-state index in [1.54, 1.807) is 24.3 Å². The molecule has 18 heavy (non-hydrogen) atoms. The van der Waals surface area contributed by atoms with Crippen LogP contribution in [0.5, 0.6) is 5.75 Å². The third-order valence-electron chi connectivity index (χ3n) is 2.67. The Morgan fingerprint density at radius 2 is 1.94 bits per heavy atom. The lowest BCUT2D eigenvalue weighted by molar-refractivity contribution is 0.102. The van der Waals surface area contributed by atoms with Crippen LogP contribution < -0.4 is 11.1 Å². The third kappa shape index (κ3) is 2.43. The molecule has 0 aliphatic heterocycles. The quantitative estimate of drug-likeness (QED) is 0.708. The molecule has 0 unspecified atom stereocenters. The smallest absolute Gasteiger partial charge is 0.257 e. The van der Waals surface area contributed by atoms with Crippen molar-refractivity contribution < 1.29 is 9.90 Å². The number of aromatic hydroxyl groups is 1. The molecular formula is C14H14N2O2. The fourth-order valence-electron chi connectivity index (χ4n) is 1.66. The molecule has 0 aliphatic carbocycles. The number of nitrogens with one attached hydrogen (secondary N) is 1. The number of nitrogens with two attached hydrogens (primary N) is 1. The summed E-state index contributed by atoms with van der Waals surface area (Å²) < 4.78 is 0. The largest absolute Gasteiger partial charge is 0.508 e. The highest BCUT2D eigenvalue weighted by molar-refractivity contribution is 6.08. The first-order chi connectivity index (χ1) is 8.58. The number of nitrogen functional groups attached to an aromatic ring is 1. The van der Waals surface area contributed by atoms with Gasteiger partial charge in [0.1, 0.15) is 5.75 Å². The molecule has 0 saturated carbocycles. The van der Waals surface area contributed by atoms with E-state index in [9.17, 15) is 9.90 Å². The van der Waals surface area contributed by atoms with Crippen LogP contribution in [0.3, 0.4) is 0 Å². The number of carbonyl (C=O) groups excluding carboxylic acids is 1. The number of phenols is 1. The van der Waals surface area contributed by atoms with Crippen molar-refractivity contribution in [1.29, 1.82) is 0 Å². The summed E-state index contributed by atoms with van der Waals surface area (Å²) in [4.78, 5) is 12.0. The molecule has 2 aromatic carbocycles. The molecule has 0 fully saturated rings. The van der Waals surface area contributed by atoms with E-state index in [1.807, 2.05) is 13.0 Å². The van der Waals surface area contributed by atoms with E-state index in [0.29, 0.717) is 16.9 Å². The van der Waals surface area contributed by atoms with Gasteiger partial charge in [0.15, 0.2) is 0 Å². The molecular weight excluding hydrogens is 228 g/mol. The van der Waals surface area contributed by atoms with Gasteiger partial charge in [0.05, 0.1) is 5.56 Å². The van der Waals surface area contributed by atoms with Crippen LogP contribution in [-0.2, 0) is 0 Å². The van der Waals surface area contributed by atoms with Gasteiger partial charge in [-0.25, -0.2) is 0 Å². The molecule has 4 heteroatoms. The van der Waals surface area contributed by atoms with Crippen LogP contribution >= 0.6 is 0 Å². The van der Waals surface area contributed by atoms with Gasteiger partial charge in [0.25, 0.3) is 5.91 Å². The summed E-state index contributed by atoms with van der Waals surface area (Å²) in [7, 11) is 0. The van der Waals surface area contributed by atoms with Crippen LogP contribution in [0.15, 0.2) is 42.5 Å². The second-order valence-corrected chi connectivity index (χ2v) is 4.04. The fraction of sp³-hybridized carbons (Fsp3) is 0.0714. The van der Waals surface area contributed by atoms with E-state index in [2.05, 4.69) is 5.32 Å². The molecule has 0 spiro atoms. The highest BCUT2D eigenvalue weighted by Gasteiger charge is 2.11. The van der Waals surface area contributed by atoms with Gasteiger partial charge in [0.2, 0.25) is 0 Å². The van der Waals surface area contributed by atoms with E-state index in [4.69, 9.17) is 5.73 Å². The van der Waals surface area contributed by atoms with Crippen LogP contribution in [0, 0.1) is 6.92 Å². The Morgan fingerprint density at radius 3 is 2.67 bits per heavy atom. The molecule has 1 amide bonds. The normalized spacial score (nSPS) is 10.1. The third-order valence-corrected chi connectivity index (χ3v) is 2.67. The summed E-state index contributed by atoms with van der Waals surface area (Å²) in [6.45, 7) is 1.85. The van der Waals surface area contributed by atoms with Crippen molar-refractivity contribution in [3.63, 3.8) is 0 Å². The Balaban J connectivity index is 2.25. The van der Waals surface area contributed by atoms with Crippen molar-refractivity contribution in [1.82, 2.24) is 0 Å². The number of benzene rings is 2. The maximum absolute atomic E-state index is 12.0. The summed E-state index contributed by atoms with van der Waals surface area (Å²) in [6.07, 6.45) is 0. The number of aryl methyl sites for hydroxylation is 1. The van der Waals surface area contributed by atoms with Gasteiger partial charge in [-0.2, -0.15) is 0 Å². The Hall–Kier alpha value is -2.49. The standard InChI is InChI=1S/C14H14N2O2/c1-9-4-2-7-12(13(9)15)14(18)16-10-5-3-6-11(17)8-10/h2-8,17H,15H2,1H3,(H,16,18). The molecule has 0 atom stereocenters. The zero-order valence-electron chi connectivity index (χ0n) is 9.97. The first kappa shape index (κ1) is 12.0. The van der Waals surface area contributed by atoms with Crippen molar-refractivity contribution >= 4 is 17.3 Å². The van der Waals surface area contributed by atoms with Crippen LogP contribution in [0.1, 0.15) is 15.9 Å². The fourth-order valence-corrected chi connectivity index (χ4v) is 1.66. The van der Waals surface area contributed by atoms with E-state index in [1.165, 1.54) is 12.1 Å². The molecule has 0 saturated heterocycles. The second-order valence-electron chi connectivity index (χ2n) is 4.04. The Kier molecular flexibility index (Phi) is 3.19. The van der Waals surface area contributed by atoms with Crippen molar-refractivity contribution in [2.24, 2.45) is 0 Å². The van der Waals surface area contributed by atoms with Crippen LogP contribution in [0.25, 0.3) is 0 Å². The Morgan fingerprint density at radius 1 is 1.22 bits per heavy atom. The number of rotatable bonds is 2. The molecule has 0 radical (unpaired) electrons. The van der Waals surface area contributed by atoms with E-state index in [0.717, 1.165) is 5.56 Å². The zero-order valence-corrected chi connectivity index (χ0v) is 9.97. The molecule has 0 heterocycles. The van der Waals surface area contributed by atoms with Crippen molar-refractivity contribution in [2.75, 3.05) is 11.1 Å². The number of carbonyl (C=O) groups is 1. The average molecular weight is 242 g/mol. The lowest BCUT2D eigenvalue weighted by Gasteiger charge is -2.09. The summed E-state index contributed by atoms with van der Waals surface area (Å²) in [5, 5.41) is 12.0. The van der Waals surface area contributed by atoms with Gasteiger partial charge in [-0.1, -0.05) is 18.2 Å². The monoisotopic (exact) mass is 242 g/mol. The molecule has 0 aromatic heterocycles. The number of anilines is 2. The van der Waals surface area contributed by atoms with Crippen LogP contribution in [0.4, 0.5) is 11.4 Å². The summed E-state index contributed by atoms with van der Waals surface area (Å²) in [5.41, 5.74) is 8.14. The summed E-state index contributed by atoms with van der Waals surface area (Å²) in [5.74, 6) is -0.188. The molecule has 4 N–H and O–H groups in total. The van der Waals surface area contributed by atoms with Crippen LogP contribution in [0.2, 0.25) is 0 Å². The maximum Gasteiger partial charge on any atom is 0.257 e. The molecule has 4 nitrogen and oxygen atoms in total. The predicted molar refractivity (Wildman–Crippen MR) is 71.7 cm³/mol. The lowest BCUT2D eigenvalue weighted by atomic mass is 10.1. The zero-order chi connectivity index (χ0) is 13.1. The number of amides is 1. The number of para-hydroxylation sites is 1. The average Bonchev–Trinajstić information content (AvgIpc) is 2.32. The minimum atomic E-state index is -0.290. The second kappa shape index (κ2) is 4.79. The first-order valence-corrected chi connectivity index (χ1v) is 5.53. The Labute approximate surface area is 105 Å². The molecule has 0 aliphatic rings. The Bertz CT molecular complexity index is 594. The SMILES string of the molecule is Cc1cccc(C(=O)Nc2cccc(O)c2)c1N. The van der Waals surface area contributed by atoms with E-state index >= 15 is 0 Å². The van der Waals surface area contributed by atoms with Gasteiger partial charge in [-0.3, -0.25) is 4.79 Å². The van der Waals surface area contributed by atoms with Gasteiger partial charge in [0, 0.05) is 17.4 Å². The topological polar surface area (TPSA) is 75.3 Å². The van der Waals surface area contributed by atoms with E-state index < -0.39 is 0 Å². The molecule has 2 rings (SSSR count). The highest BCUT2D eigenvalue weighted by Crippen LogP contribution is 2.20. The lowest BCUT2D eigenvalue weighted by Crippen LogP contribution is -2.14. The van der Waals surface area contributed by atoms with Gasteiger partial charge in [-0.15, -0.1) is 0 Å². The van der Waals surface area contributed by atoms with E-state index in [-0.39, 0.29) is 11.7 Å². The van der Waals surface area contributed by atoms with Crippen molar-refractivity contribution in [3.05, 3.63) is 53.6 Å². The minimum Gasteiger partial charge on any atom is -0.508 e. The molecule has 0 bridgehead atoms. The first-order valence-electron chi connectivity index (χ1n) is 5.53. The van der Waals surface area contributed by atoms with Gasteiger partial charge in [-0.05, 0) is 30.7 Å². The maximum atomic E-state index is 12.0.